The van der Waals surface area contributed by atoms with Gasteiger partial charge in [0.1, 0.15) is 5.69 Å². The van der Waals surface area contributed by atoms with Crippen molar-refractivity contribution in [2.24, 2.45) is 0 Å². The van der Waals surface area contributed by atoms with Crippen LogP contribution in [0.25, 0.3) is 17.3 Å². The zero-order chi connectivity index (χ0) is 19.3. The first-order valence-electron chi connectivity index (χ1n) is 8.68. The number of nitrogens with zero attached hydrogens (tertiary/aromatic N) is 3. The van der Waals surface area contributed by atoms with Crippen molar-refractivity contribution < 1.29 is 4.79 Å². The number of halogens is 1. The van der Waals surface area contributed by atoms with Crippen LogP contribution < -0.4 is 0 Å². The molecule has 0 saturated heterocycles. The number of carbonyl (C=O) groups excluding carboxylic acids is 1. The molecule has 0 N–H and O–H groups in total. The lowest BCUT2D eigenvalue weighted by molar-refractivity contribution is 0.105. The van der Waals surface area contributed by atoms with Gasteiger partial charge in [-0.3, -0.25) is 14.5 Å². The van der Waals surface area contributed by atoms with Crippen molar-refractivity contribution in [3.8, 4) is 11.3 Å². The van der Waals surface area contributed by atoms with Crippen molar-refractivity contribution in [1.29, 1.82) is 0 Å². The van der Waals surface area contributed by atoms with Gasteiger partial charge in [-0.2, -0.15) is 5.10 Å². The van der Waals surface area contributed by atoms with E-state index in [2.05, 4.69) is 17.1 Å². The Kier molecular flexibility index (Phi) is 5.46. The molecule has 0 amide bonds. The molecule has 6 heteroatoms. The standard InChI is InChI=1S/C22H16ClN3OS/c23-21-11-10-20(28-21)19(27)9-8-18-15-26(14-16-5-2-1-3-6-16)25-22(18)17-7-4-12-24-13-17/h1-13,15H,14H2/b9-8+. The summed E-state index contributed by atoms with van der Waals surface area (Å²) in [5.74, 6) is -0.0788. The third kappa shape index (κ3) is 4.27. The van der Waals surface area contributed by atoms with Crippen molar-refractivity contribution in [3.05, 3.63) is 99.6 Å². The Hall–Kier alpha value is -3.02. The molecule has 1 aromatic carbocycles. The Morgan fingerprint density at radius 3 is 2.68 bits per heavy atom. The van der Waals surface area contributed by atoms with Crippen LogP contribution in [-0.4, -0.2) is 20.5 Å². The van der Waals surface area contributed by atoms with Crippen molar-refractivity contribution in [3.63, 3.8) is 0 Å². The predicted molar refractivity (Wildman–Crippen MR) is 114 cm³/mol. The quantitative estimate of drug-likeness (QED) is 0.309. The van der Waals surface area contributed by atoms with Gasteiger partial charge in [0.25, 0.3) is 0 Å². The summed E-state index contributed by atoms with van der Waals surface area (Å²) in [6.07, 6.45) is 8.80. The average Bonchev–Trinajstić information content (AvgIpc) is 3.34. The normalized spacial score (nSPS) is 11.2. The summed E-state index contributed by atoms with van der Waals surface area (Å²) in [5, 5.41) is 4.73. The molecule has 0 spiro atoms. The fourth-order valence-corrected chi connectivity index (χ4v) is 3.79. The molecule has 0 fully saturated rings. The first-order chi connectivity index (χ1) is 13.7. The summed E-state index contributed by atoms with van der Waals surface area (Å²) < 4.78 is 2.48. The van der Waals surface area contributed by atoms with E-state index in [0.29, 0.717) is 15.8 Å². The van der Waals surface area contributed by atoms with Gasteiger partial charge in [-0.25, -0.2) is 0 Å². The van der Waals surface area contributed by atoms with Gasteiger partial charge in [-0.15, -0.1) is 11.3 Å². The van der Waals surface area contributed by atoms with Crippen molar-refractivity contribution in [2.75, 3.05) is 0 Å². The van der Waals surface area contributed by atoms with Crippen molar-refractivity contribution >= 4 is 34.8 Å². The second-order valence-corrected chi connectivity index (χ2v) is 7.87. The maximum atomic E-state index is 12.4. The highest BCUT2D eigenvalue weighted by molar-refractivity contribution is 7.18. The highest BCUT2D eigenvalue weighted by Crippen LogP contribution is 2.25. The number of hydrogen-bond donors (Lipinski definition) is 0. The van der Waals surface area contributed by atoms with Gasteiger partial charge in [0.2, 0.25) is 0 Å². The molecule has 0 aliphatic rings. The van der Waals surface area contributed by atoms with Crippen LogP contribution in [0.1, 0.15) is 20.8 Å². The Morgan fingerprint density at radius 1 is 1.11 bits per heavy atom. The van der Waals surface area contributed by atoms with E-state index in [1.165, 1.54) is 11.3 Å². The second kappa shape index (κ2) is 8.33. The van der Waals surface area contributed by atoms with Gasteiger partial charge in [-0.05, 0) is 42.0 Å². The van der Waals surface area contributed by atoms with Crippen LogP contribution in [-0.2, 0) is 6.54 Å². The summed E-state index contributed by atoms with van der Waals surface area (Å²) >= 11 is 7.20. The van der Waals surface area contributed by atoms with Gasteiger partial charge < -0.3 is 0 Å². The minimum atomic E-state index is -0.0788. The first-order valence-corrected chi connectivity index (χ1v) is 9.88. The number of carbonyl (C=O) groups is 1. The molecule has 4 rings (SSSR count). The van der Waals surface area contributed by atoms with Crippen LogP contribution in [0.4, 0.5) is 0 Å². The number of hydrogen-bond acceptors (Lipinski definition) is 4. The van der Waals surface area contributed by atoms with E-state index in [9.17, 15) is 4.79 Å². The zero-order valence-corrected chi connectivity index (χ0v) is 16.4. The van der Waals surface area contributed by atoms with Gasteiger partial charge >= 0.3 is 0 Å². The van der Waals surface area contributed by atoms with E-state index in [0.717, 1.165) is 22.4 Å². The topological polar surface area (TPSA) is 47.8 Å². The highest BCUT2D eigenvalue weighted by Gasteiger charge is 2.11. The number of pyridine rings is 1. The fourth-order valence-electron chi connectivity index (χ4n) is 2.83. The zero-order valence-electron chi connectivity index (χ0n) is 14.8. The monoisotopic (exact) mass is 405 g/mol. The van der Waals surface area contributed by atoms with E-state index in [1.54, 1.807) is 36.7 Å². The van der Waals surface area contributed by atoms with Crippen LogP contribution in [0, 0.1) is 0 Å². The number of aromatic nitrogens is 3. The maximum Gasteiger partial charge on any atom is 0.195 e. The van der Waals surface area contributed by atoms with Crippen LogP contribution in [0.15, 0.2) is 79.3 Å². The molecular formula is C22H16ClN3OS. The third-order valence-corrected chi connectivity index (χ3v) is 5.39. The number of thiophene rings is 1. The molecule has 3 aromatic heterocycles. The minimum Gasteiger partial charge on any atom is -0.288 e. The second-order valence-electron chi connectivity index (χ2n) is 6.16. The van der Waals surface area contributed by atoms with Crippen LogP contribution in [0.2, 0.25) is 4.34 Å². The molecule has 28 heavy (non-hydrogen) atoms. The minimum absolute atomic E-state index is 0.0788. The number of rotatable bonds is 6. The Morgan fingerprint density at radius 2 is 1.96 bits per heavy atom. The van der Waals surface area contributed by atoms with E-state index in [1.807, 2.05) is 41.2 Å². The molecule has 0 saturated carbocycles. The molecule has 4 aromatic rings. The molecular weight excluding hydrogens is 390 g/mol. The smallest absolute Gasteiger partial charge is 0.195 e. The summed E-state index contributed by atoms with van der Waals surface area (Å²) in [5.41, 5.74) is 3.71. The lowest BCUT2D eigenvalue weighted by Crippen LogP contribution is -2.00. The van der Waals surface area contributed by atoms with E-state index in [-0.39, 0.29) is 5.78 Å². The summed E-state index contributed by atoms with van der Waals surface area (Å²) in [7, 11) is 0. The Bertz CT molecular complexity index is 1120. The molecule has 3 heterocycles. The summed E-state index contributed by atoms with van der Waals surface area (Å²) in [6, 6.07) is 17.4. The van der Waals surface area contributed by atoms with E-state index >= 15 is 0 Å². The Balaban J connectivity index is 1.66. The highest BCUT2D eigenvalue weighted by atomic mass is 35.5. The van der Waals surface area contributed by atoms with Gasteiger partial charge in [0, 0.05) is 29.7 Å². The van der Waals surface area contributed by atoms with Gasteiger partial charge in [0.15, 0.2) is 5.78 Å². The molecule has 0 unspecified atom stereocenters. The fraction of sp³-hybridized carbons (Fsp3) is 0.0455. The first kappa shape index (κ1) is 18.3. The largest absolute Gasteiger partial charge is 0.288 e. The molecule has 0 aliphatic heterocycles. The molecule has 4 nitrogen and oxygen atoms in total. The van der Waals surface area contributed by atoms with Crippen LogP contribution in [0.3, 0.4) is 0 Å². The van der Waals surface area contributed by atoms with E-state index < -0.39 is 0 Å². The van der Waals surface area contributed by atoms with Crippen LogP contribution in [0.5, 0.6) is 0 Å². The molecule has 0 aliphatic carbocycles. The van der Waals surface area contributed by atoms with Crippen molar-refractivity contribution in [1.82, 2.24) is 14.8 Å². The number of benzene rings is 1. The lowest BCUT2D eigenvalue weighted by Gasteiger charge is -2.01. The van der Waals surface area contributed by atoms with Gasteiger partial charge in [-0.1, -0.05) is 41.9 Å². The summed E-state index contributed by atoms with van der Waals surface area (Å²) in [4.78, 5) is 17.2. The number of ketones is 1. The Labute approximate surface area is 171 Å². The molecule has 0 atom stereocenters. The third-order valence-electron chi connectivity index (χ3n) is 4.14. The van der Waals surface area contributed by atoms with Gasteiger partial charge in [0.05, 0.1) is 15.8 Å². The number of allylic oxidation sites excluding steroid dienone is 1. The predicted octanol–water partition coefficient (Wildman–Crippen LogP) is 5.60. The SMILES string of the molecule is O=C(/C=C/c1cn(Cc2ccccc2)nc1-c1cccnc1)c1ccc(Cl)s1. The maximum absolute atomic E-state index is 12.4. The molecule has 0 bridgehead atoms. The average molecular weight is 406 g/mol. The lowest BCUT2D eigenvalue weighted by atomic mass is 10.1. The van der Waals surface area contributed by atoms with Crippen molar-refractivity contribution in [2.45, 2.75) is 6.54 Å². The molecule has 138 valence electrons. The summed E-state index contributed by atoms with van der Waals surface area (Å²) in [6.45, 7) is 0.649. The van der Waals surface area contributed by atoms with E-state index in [4.69, 9.17) is 16.7 Å². The van der Waals surface area contributed by atoms with Crippen LogP contribution >= 0.6 is 22.9 Å². The molecule has 0 radical (unpaired) electrons.